The maximum Gasteiger partial charge on any atom is 0.230 e. The van der Waals surface area contributed by atoms with Crippen molar-refractivity contribution in [2.24, 2.45) is 5.41 Å². The third-order valence-electron chi connectivity index (χ3n) is 3.99. The minimum absolute atomic E-state index is 0.110. The Kier molecular flexibility index (Phi) is 4.63. The number of pyridine rings is 1. The third kappa shape index (κ3) is 3.30. The van der Waals surface area contributed by atoms with Crippen molar-refractivity contribution in [3.05, 3.63) is 17.8 Å². The van der Waals surface area contributed by atoms with E-state index in [0.717, 1.165) is 43.4 Å². The van der Waals surface area contributed by atoms with Gasteiger partial charge in [-0.3, -0.25) is 4.79 Å². The molecule has 0 radical (unpaired) electrons. The number of amides is 1. The fourth-order valence-corrected chi connectivity index (χ4v) is 2.64. The molecule has 1 fully saturated rings. The number of ether oxygens (including phenoxy) is 1. The summed E-state index contributed by atoms with van der Waals surface area (Å²) in [5.41, 5.74) is 1.49. The van der Waals surface area contributed by atoms with Crippen molar-refractivity contribution in [1.82, 2.24) is 4.98 Å². The van der Waals surface area contributed by atoms with Gasteiger partial charge >= 0.3 is 0 Å². The van der Waals surface area contributed by atoms with E-state index in [0.29, 0.717) is 12.5 Å². The molecule has 20 heavy (non-hydrogen) atoms. The van der Waals surface area contributed by atoms with Gasteiger partial charge in [0.25, 0.3) is 0 Å². The number of hydrogen-bond acceptors (Lipinski definition) is 3. The fourth-order valence-electron chi connectivity index (χ4n) is 2.64. The van der Waals surface area contributed by atoms with Crippen molar-refractivity contribution in [2.75, 3.05) is 11.9 Å². The summed E-state index contributed by atoms with van der Waals surface area (Å²) in [5.74, 6) is 0.760. The van der Waals surface area contributed by atoms with Crippen LogP contribution in [0.15, 0.2) is 12.3 Å². The lowest BCUT2D eigenvalue weighted by molar-refractivity contribution is -0.124. The number of hydrogen-bond donors (Lipinski definition) is 1. The average molecular weight is 276 g/mol. The molecule has 0 atom stereocenters. The number of carbonyl (C=O) groups excluding carboxylic acids is 1. The molecule has 0 spiro atoms. The summed E-state index contributed by atoms with van der Waals surface area (Å²) in [6.45, 7) is 6.73. The molecule has 1 aliphatic carbocycles. The van der Waals surface area contributed by atoms with E-state index >= 15 is 0 Å². The van der Waals surface area contributed by atoms with Crippen LogP contribution in [0.1, 0.15) is 51.5 Å². The molecule has 1 amide bonds. The summed E-state index contributed by atoms with van der Waals surface area (Å²) in [6, 6.07) is 1.92. The average Bonchev–Trinajstić information content (AvgIpc) is 2.86. The summed E-state index contributed by atoms with van der Waals surface area (Å²) in [4.78, 5) is 16.6. The molecule has 0 saturated heterocycles. The predicted molar refractivity (Wildman–Crippen MR) is 80.0 cm³/mol. The third-order valence-corrected chi connectivity index (χ3v) is 3.99. The van der Waals surface area contributed by atoms with Crippen LogP contribution in [0.4, 0.5) is 5.69 Å². The number of aromatic nitrogens is 1. The Bertz CT molecular complexity index is 479. The Hall–Kier alpha value is -1.58. The second-order valence-electron chi connectivity index (χ2n) is 5.92. The number of aryl methyl sites for hydroxylation is 1. The monoisotopic (exact) mass is 276 g/mol. The van der Waals surface area contributed by atoms with Crippen LogP contribution in [0.25, 0.3) is 0 Å². The van der Waals surface area contributed by atoms with Crippen molar-refractivity contribution >= 4 is 11.6 Å². The highest BCUT2D eigenvalue weighted by molar-refractivity contribution is 5.95. The normalized spacial score (nSPS) is 16.9. The quantitative estimate of drug-likeness (QED) is 0.892. The number of carbonyl (C=O) groups is 1. The van der Waals surface area contributed by atoms with Crippen LogP contribution in [-0.4, -0.2) is 17.5 Å². The molecule has 1 N–H and O–H groups in total. The van der Waals surface area contributed by atoms with Crippen LogP contribution < -0.4 is 10.1 Å². The molecule has 1 aliphatic rings. The molecule has 0 bridgehead atoms. The van der Waals surface area contributed by atoms with Crippen LogP contribution in [0.2, 0.25) is 0 Å². The van der Waals surface area contributed by atoms with E-state index in [2.05, 4.69) is 17.2 Å². The number of anilines is 1. The van der Waals surface area contributed by atoms with Crippen LogP contribution in [0.5, 0.6) is 5.88 Å². The SMILES string of the molecule is CCCOc1ncc(NC(=O)C2(C)CCCC2)cc1C. The van der Waals surface area contributed by atoms with Crippen molar-refractivity contribution in [2.45, 2.75) is 52.9 Å². The maximum atomic E-state index is 12.3. The molecule has 1 aromatic rings. The van der Waals surface area contributed by atoms with Gasteiger partial charge in [-0.05, 0) is 32.3 Å². The van der Waals surface area contributed by atoms with Gasteiger partial charge in [-0.25, -0.2) is 4.98 Å². The smallest absolute Gasteiger partial charge is 0.230 e. The first-order valence-electron chi connectivity index (χ1n) is 7.46. The van der Waals surface area contributed by atoms with E-state index in [9.17, 15) is 4.79 Å². The molecule has 4 heteroatoms. The van der Waals surface area contributed by atoms with Crippen molar-refractivity contribution in [1.29, 1.82) is 0 Å². The zero-order valence-electron chi connectivity index (χ0n) is 12.7. The molecule has 0 aromatic carbocycles. The molecule has 110 valence electrons. The molecule has 4 nitrogen and oxygen atoms in total. The first-order chi connectivity index (χ1) is 9.55. The van der Waals surface area contributed by atoms with E-state index in [1.54, 1.807) is 6.20 Å². The summed E-state index contributed by atoms with van der Waals surface area (Å²) < 4.78 is 5.54. The van der Waals surface area contributed by atoms with E-state index in [1.165, 1.54) is 0 Å². The topological polar surface area (TPSA) is 51.2 Å². The predicted octanol–water partition coefficient (Wildman–Crippen LogP) is 3.70. The van der Waals surface area contributed by atoms with Gasteiger partial charge in [0.2, 0.25) is 11.8 Å². The Labute approximate surface area is 120 Å². The summed E-state index contributed by atoms with van der Waals surface area (Å²) >= 11 is 0. The number of nitrogens with one attached hydrogen (secondary N) is 1. The first-order valence-corrected chi connectivity index (χ1v) is 7.46. The van der Waals surface area contributed by atoms with E-state index in [-0.39, 0.29) is 11.3 Å². The van der Waals surface area contributed by atoms with E-state index < -0.39 is 0 Å². The van der Waals surface area contributed by atoms with Gasteiger partial charge in [0.1, 0.15) is 0 Å². The molecule has 1 heterocycles. The lowest BCUT2D eigenvalue weighted by Crippen LogP contribution is -2.30. The molecule has 2 rings (SSSR count). The first kappa shape index (κ1) is 14.8. The van der Waals surface area contributed by atoms with E-state index in [4.69, 9.17) is 4.74 Å². The Morgan fingerprint density at radius 3 is 2.75 bits per heavy atom. The zero-order chi connectivity index (χ0) is 14.6. The lowest BCUT2D eigenvalue weighted by atomic mass is 9.88. The minimum Gasteiger partial charge on any atom is -0.477 e. The Balaban J connectivity index is 2.03. The van der Waals surface area contributed by atoms with Gasteiger partial charge in [0.05, 0.1) is 18.5 Å². The van der Waals surface area contributed by atoms with Crippen LogP contribution in [-0.2, 0) is 4.79 Å². The molecular formula is C16H24N2O2. The van der Waals surface area contributed by atoms with Gasteiger partial charge in [-0.1, -0.05) is 26.7 Å². The summed E-state index contributed by atoms with van der Waals surface area (Å²) in [7, 11) is 0. The zero-order valence-corrected chi connectivity index (χ0v) is 12.7. The summed E-state index contributed by atoms with van der Waals surface area (Å²) in [5, 5.41) is 2.99. The minimum atomic E-state index is -0.217. The summed E-state index contributed by atoms with van der Waals surface area (Å²) in [6.07, 6.45) is 6.87. The lowest BCUT2D eigenvalue weighted by Gasteiger charge is -2.22. The van der Waals surface area contributed by atoms with Gasteiger partial charge < -0.3 is 10.1 Å². The number of rotatable bonds is 5. The Morgan fingerprint density at radius 2 is 2.15 bits per heavy atom. The van der Waals surface area contributed by atoms with Crippen molar-refractivity contribution in [3.63, 3.8) is 0 Å². The van der Waals surface area contributed by atoms with Gasteiger partial charge in [-0.2, -0.15) is 0 Å². The second-order valence-corrected chi connectivity index (χ2v) is 5.92. The van der Waals surface area contributed by atoms with E-state index in [1.807, 2.05) is 19.9 Å². The van der Waals surface area contributed by atoms with Gasteiger partial charge in [-0.15, -0.1) is 0 Å². The largest absolute Gasteiger partial charge is 0.477 e. The van der Waals surface area contributed by atoms with Gasteiger partial charge in [0.15, 0.2) is 0 Å². The Morgan fingerprint density at radius 1 is 1.45 bits per heavy atom. The van der Waals surface area contributed by atoms with Crippen LogP contribution >= 0.6 is 0 Å². The highest BCUT2D eigenvalue weighted by atomic mass is 16.5. The van der Waals surface area contributed by atoms with Crippen LogP contribution in [0.3, 0.4) is 0 Å². The van der Waals surface area contributed by atoms with Crippen LogP contribution in [0, 0.1) is 12.3 Å². The molecule has 0 unspecified atom stereocenters. The molecule has 1 aromatic heterocycles. The highest BCUT2D eigenvalue weighted by Crippen LogP contribution is 2.38. The second kappa shape index (κ2) is 6.25. The van der Waals surface area contributed by atoms with Crippen molar-refractivity contribution < 1.29 is 9.53 Å². The van der Waals surface area contributed by atoms with Gasteiger partial charge in [0, 0.05) is 11.0 Å². The maximum absolute atomic E-state index is 12.3. The standard InChI is InChI=1S/C16H24N2O2/c1-4-9-20-14-12(2)10-13(11-17-14)18-15(19)16(3)7-5-6-8-16/h10-11H,4-9H2,1-3H3,(H,18,19). The van der Waals surface area contributed by atoms with Crippen molar-refractivity contribution in [3.8, 4) is 5.88 Å². The molecule has 1 saturated carbocycles. The molecule has 0 aliphatic heterocycles. The molecular weight excluding hydrogens is 252 g/mol. The highest BCUT2D eigenvalue weighted by Gasteiger charge is 2.36. The fraction of sp³-hybridized carbons (Fsp3) is 0.625. The number of nitrogens with zero attached hydrogens (tertiary/aromatic N) is 1.